The fourth-order valence-electron chi connectivity index (χ4n) is 4.77. The maximum atomic E-state index is 13.3. The zero-order chi connectivity index (χ0) is 24.6. The summed E-state index contributed by atoms with van der Waals surface area (Å²) in [5, 5.41) is 4.61. The van der Waals surface area contributed by atoms with Gasteiger partial charge in [-0.15, -0.1) is 0 Å². The predicted octanol–water partition coefficient (Wildman–Crippen LogP) is 5.00. The second-order valence-electron chi connectivity index (χ2n) is 9.21. The molecular formula is C25H30N4O4S2. The van der Waals surface area contributed by atoms with Gasteiger partial charge in [0.25, 0.3) is 10.0 Å². The average Bonchev–Trinajstić information content (AvgIpc) is 3.55. The number of pyridine rings is 1. The number of nitrogens with one attached hydrogen (secondary N) is 2. The minimum Gasteiger partial charge on any atom is -0.495 e. The smallest absolute Gasteiger partial charge is 0.265 e. The van der Waals surface area contributed by atoms with Crippen molar-refractivity contribution in [1.29, 1.82) is 0 Å². The van der Waals surface area contributed by atoms with Crippen LogP contribution in [0.5, 0.6) is 5.75 Å². The molecule has 8 nitrogen and oxygen atoms in total. The van der Waals surface area contributed by atoms with E-state index in [2.05, 4.69) is 15.0 Å². The van der Waals surface area contributed by atoms with E-state index >= 15 is 0 Å². The number of nitrogens with zero attached hydrogens (tertiary/aromatic N) is 2. The van der Waals surface area contributed by atoms with Crippen molar-refractivity contribution in [3.63, 3.8) is 0 Å². The summed E-state index contributed by atoms with van der Waals surface area (Å²) >= 11 is 1.56. The van der Waals surface area contributed by atoms with E-state index in [-0.39, 0.29) is 16.2 Å². The van der Waals surface area contributed by atoms with Gasteiger partial charge in [-0.05, 0) is 81.3 Å². The molecule has 0 spiro atoms. The van der Waals surface area contributed by atoms with Crippen molar-refractivity contribution >= 4 is 32.2 Å². The lowest BCUT2D eigenvalue weighted by Crippen LogP contribution is -2.35. The van der Waals surface area contributed by atoms with Crippen LogP contribution in [0.1, 0.15) is 37.1 Å². The molecular weight excluding hydrogens is 484 g/mol. The number of sulfonamides is 1. The van der Waals surface area contributed by atoms with Gasteiger partial charge in [0.15, 0.2) is 5.13 Å². The average molecular weight is 515 g/mol. The van der Waals surface area contributed by atoms with Crippen molar-refractivity contribution in [2.45, 2.75) is 50.0 Å². The largest absolute Gasteiger partial charge is 0.495 e. The van der Waals surface area contributed by atoms with Gasteiger partial charge in [0.05, 0.1) is 29.1 Å². The van der Waals surface area contributed by atoms with E-state index in [0.29, 0.717) is 17.3 Å². The molecule has 1 aromatic carbocycles. The Morgan fingerprint density at radius 1 is 1.14 bits per heavy atom. The van der Waals surface area contributed by atoms with Crippen LogP contribution in [0.2, 0.25) is 0 Å². The number of aromatic nitrogens is 2. The molecule has 3 heterocycles. The van der Waals surface area contributed by atoms with Gasteiger partial charge < -0.3 is 14.8 Å². The quantitative estimate of drug-likeness (QED) is 0.436. The van der Waals surface area contributed by atoms with E-state index in [1.165, 1.54) is 7.11 Å². The van der Waals surface area contributed by atoms with Gasteiger partial charge in [0.1, 0.15) is 10.6 Å². The van der Waals surface area contributed by atoms with E-state index in [4.69, 9.17) is 14.5 Å². The van der Waals surface area contributed by atoms with Gasteiger partial charge in [-0.25, -0.2) is 13.4 Å². The van der Waals surface area contributed by atoms with Gasteiger partial charge in [0.2, 0.25) is 0 Å². The zero-order valence-corrected chi connectivity index (χ0v) is 21.8. The van der Waals surface area contributed by atoms with Crippen molar-refractivity contribution in [2.24, 2.45) is 5.92 Å². The molecule has 3 aromatic rings. The maximum absolute atomic E-state index is 13.3. The summed E-state index contributed by atoms with van der Waals surface area (Å²) in [6, 6.07) is 8.61. The summed E-state index contributed by atoms with van der Waals surface area (Å²) in [5.41, 5.74) is 2.80. The van der Waals surface area contributed by atoms with Crippen LogP contribution in [0.3, 0.4) is 0 Å². The Morgan fingerprint density at radius 3 is 2.60 bits per heavy atom. The first kappa shape index (κ1) is 24.0. The normalized spacial score (nSPS) is 17.7. The van der Waals surface area contributed by atoms with Gasteiger partial charge in [-0.3, -0.25) is 9.71 Å². The fraction of sp³-hybridized carbons (Fsp3) is 0.440. The Bertz CT molecular complexity index is 1330. The molecule has 1 aliphatic heterocycles. The standard InChI is InChI=1S/C25H30N4O4S2/c1-16-20(5-4-12-26-16)29-35(30,31)22-15-18(6-7-21(22)32-3)23-17(2)27-24(34-23)28-25(10-11-25)19-8-13-33-14-9-19/h4-7,12,15,19,29H,8-11,13-14H2,1-3H3,(H,27,28). The molecule has 10 heteroatoms. The Hall–Kier alpha value is -2.69. The molecule has 2 fully saturated rings. The number of hydrogen-bond acceptors (Lipinski definition) is 8. The van der Waals surface area contributed by atoms with Crippen LogP contribution in [-0.4, -0.2) is 44.2 Å². The number of methoxy groups -OCH3 is 1. The van der Waals surface area contributed by atoms with Crippen LogP contribution in [0.4, 0.5) is 10.8 Å². The summed E-state index contributed by atoms with van der Waals surface area (Å²) < 4.78 is 40.2. The number of rotatable bonds is 8. The number of hydrogen-bond donors (Lipinski definition) is 2. The monoisotopic (exact) mass is 514 g/mol. The third-order valence-electron chi connectivity index (χ3n) is 6.91. The summed E-state index contributed by atoms with van der Waals surface area (Å²) in [6.07, 6.45) is 6.08. The molecule has 1 saturated carbocycles. The number of ether oxygens (including phenoxy) is 2. The minimum absolute atomic E-state index is 0.0731. The van der Waals surface area contributed by atoms with Crippen molar-refractivity contribution in [1.82, 2.24) is 9.97 Å². The van der Waals surface area contributed by atoms with Crippen LogP contribution in [-0.2, 0) is 14.8 Å². The number of anilines is 2. The molecule has 0 bridgehead atoms. The minimum atomic E-state index is -3.91. The van der Waals surface area contributed by atoms with Crippen LogP contribution in [0.15, 0.2) is 41.4 Å². The molecule has 1 aliphatic carbocycles. The highest BCUT2D eigenvalue weighted by molar-refractivity contribution is 7.92. The Balaban J connectivity index is 1.44. The number of benzene rings is 1. The summed E-state index contributed by atoms with van der Waals surface area (Å²) in [5.74, 6) is 0.878. The van der Waals surface area contributed by atoms with Crippen molar-refractivity contribution in [3.8, 4) is 16.2 Å². The highest BCUT2D eigenvalue weighted by atomic mass is 32.2. The third-order valence-corrected chi connectivity index (χ3v) is 9.42. The number of thiazole rings is 1. The summed E-state index contributed by atoms with van der Waals surface area (Å²) in [4.78, 5) is 9.97. The van der Waals surface area contributed by atoms with Crippen molar-refractivity contribution in [3.05, 3.63) is 47.9 Å². The molecule has 0 atom stereocenters. The molecule has 0 radical (unpaired) electrons. The van der Waals surface area contributed by atoms with Gasteiger partial charge >= 0.3 is 0 Å². The first-order valence-corrected chi connectivity index (χ1v) is 14.1. The lowest BCUT2D eigenvalue weighted by molar-refractivity contribution is 0.0577. The fourth-order valence-corrected chi connectivity index (χ4v) is 7.15. The molecule has 35 heavy (non-hydrogen) atoms. The van der Waals surface area contributed by atoms with E-state index < -0.39 is 10.0 Å². The van der Waals surface area contributed by atoms with Gasteiger partial charge in [-0.2, -0.15) is 0 Å². The van der Waals surface area contributed by atoms with Crippen LogP contribution < -0.4 is 14.8 Å². The first-order valence-electron chi connectivity index (χ1n) is 11.8. The number of aryl methyl sites for hydroxylation is 2. The van der Waals surface area contributed by atoms with E-state index in [1.807, 2.05) is 13.0 Å². The maximum Gasteiger partial charge on any atom is 0.265 e. The van der Waals surface area contributed by atoms with E-state index in [0.717, 1.165) is 60.2 Å². The molecule has 0 amide bonds. The highest BCUT2D eigenvalue weighted by Crippen LogP contribution is 2.50. The van der Waals surface area contributed by atoms with Crippen molar-refractivity contribution in [2.75, 3.05) is 30.4 Å². The molecule has 2 N–H and O–H groups in total. The second kappa shape index (κ2) is 9.40. The summed E-state index contributed by atoms with van der Waals surface area (Å²) in [7, 11) is -2.44. The Kier molecular flexibility index (Phi) is 6.45. The van der Waals surface area contributed by atoms with E-state index in [1.54, 1.807) is 48.7 Å². The van der Waals surface area contributed by atoms with Crippen LogP contribution >= 0.6 is 11.3 Å². The summed E-state index contributed by atoms with van der Waals surface area (Å²) in [6.45, 7) is 5.37. The van der Waals surface area contributed by atoms with Crippen LogP contribution in [0.25, 0.3) is 10.4 Å². The van der Waals surface area contributed by atoms with Gasteiger partial charge in [0, 0.05) is 24.9 Å². The van der Waals surface area contributed by atoms with Crippen LogP contribution in [0, 0.1) is 19.8 Å². The SMILES string of the molecule is COc1ccc(-c2sc(NC3(C4CCOCC4)CC3)nc2C)cc1S(=O)(=O)Nc1cccnc1C. The zero-order valence-electron chi connectivity index (χ0n) is 20.1. The Labute approximate surface area is 210 Å². The van der Waals surface area contributed by atoms with Crippen molar-refractivity contribution < 1.29 is 17.9 Å². The molecule has 5 rings (SSSR count). The third kappa shape index (κ3) is 4.87. The first-order chi connectivity index (χ1) is 16.8. The predicted molar refractivity (Wildman–Crippen MR) is 138 cm³/mol. The molecule has 2 aromatic heterocycles. The second-order valence-corrected chi connectivity index (χ2v) is 11.9. The topological polar surface area (TPSA) is 102 Å². The highest BCUT2D eigenvalue weighted by Gasteiger charge is 2.50. The lowest BCUT2D eigenvalue weighted by Gasteiger charge is -2.31. The molecule has 1 saturated heterocycles. The van der Waals surface area contributed by atoms with E-state index in [9.17, 15) is 8.42 Å². The van der Waals surface area contributed by atoms with Gasteiger partial charge in [-0.1, -0.05) is 11.3 Å². The molecule has 0 unspecified atom stereocenters. The molecule has 186 valence electrons. The Morgan fingerprint density at radius 2 is 1.91 bits per heavy atom. The lowest BCUT2D eigenvalue weighted by atomic mass is 9.89. The molecule has 2 aliphatic rings.